The van der Waals surface area contributed by atoms with Crippen LogP contribution in [0.5, 0.6) is 0 Å². The van der Waals surface area contributed by atoms with Crippen molar-refractivity contribution in [3.8, 4) is 11.5 Å². The smallest absolute Gasteiger partial charge is 0.229 e. The molecule has 102 valence electrons. The largest absolute Gasteiger partial charge is 0.436 e. The predicted octanol–water partition coefficient (Wildman–Crippen LogP) is 4.54. The van der Waals surface area contributed by atoms with Crippen molar-refractivity contribution < 1.29 is 4.42 Å². The second-order valence-corrected chi connectivity index (χ2v) is 5.28. The van der Waals surface area contributed by atoms with Crippen LogP contribution in [0.1, 0.15) is 5.56 Å². The molecule has 0 fully saturated rings. The summed E-state index contributed by atoms with van der Waals surface area (Å²) >= 11 is 0. The van der Waals surface area contributed by atoms with Crippen LogP contribution in [0.3, 0.4) is 0 Å². The Morgan fingerprint density at radius 1 is 0.952 bits per heavy atom. The highest BCUT2D eigenvalue weighted by Crippen LogP contribution is 2.32. The highest BCUT2D eigenvalue weighted by molar-refractivity contribution is 5.93. The van der Waals surface area contributed by atoms with Gasteiger partial charge in [-0.2, -0.15) is 0 Å². The lowest BCUT2D eigenvalue weighted by Crippen LogP contribution is -1.90. The summed E-state index contributed by atoms with van der Waals surface area (Å²) in [5.74, 6) is 0.568. The van der Waals surface area contributed by atoms with Gasteiger partial charge in [0.1, 0.15) is 5.52 Å². The molecule has 0 amide bonds. The first-order valence-electron chi connectivity index (χ1n) is 6.86. The van der Waals surface area contributed by atoms with Gasteiger partial charge in [-0.15, -0.1) is 0 Å². The minimum atomic E-state index is 0.568. The van der Waals surface area contributed by atoms with Crippen LogP contribution in [0.25, 0.3) is 33.3 Å². The Labute approximate surface area is 122 Å². The van der Waals surface area contributed by atoms with Gasteiger partial charge in [0.15, 0.2) is 5.58 Å². The first kappa shape index (κ1) is 12.0. The molecule has 0 atom stereocenters. The van der Waals surface area contributed by atoms with E-state index in [0.29, 0.717) is 11.6 Å². The standard InChI is InChI=1S/C18H14N2O/c1-11-6-7-17-16(8-11)20-18(21-17)14-9-12-4-2-3-5-13(12)10-15(14)19/h2-10H,19H2,1H3. The summed E-state index contributed by atoms with van der Waals surface area (Å²) in [6.07, 6.45) is 0. The molecule has 0 radical (unpaired) electrons. The molecule has 1 heterocycles. The quantitative estimate of drug-likeness (QED) is 0.518. The van der Waals surface area contributed by atoms with E-state index in [1.54, 1.807) is 0 Å². The molecule has 4 aromatic rings. The molecule has 3 heteroatoms. The Morgan fingerprint density at radius 3 is 2.52 bits per heavy atom. The van der Waals surface area contributed by atoms with Gasteiger partial charge in [-0.1, -0.05) is 30.3 Å². The van der Waals surface area contributed by atoms with E-state index in [0.717, 1.165) is 33.0 Å². The monoisotopic (exact) mass is 274 g/mol. The molecule has 3 nitrogen and oxygen atoms in total. The fourth-order valence-electron chi connectivity index (χ4n) is 2.60. The molecule has 4 rings (SSSR count). The normalized spacial score (nSPS) is 11.3. The summed E-state index contributed by atoms with van der Waals surface area (Å²) in [6, 6.07) is 18.1. The highest BCUT2D eigenvalue weighted by atomic mass is 16.3. The van der Waals surface area contributed by atoms with E-state index < -0.39 is 0 Å². The van der Waals surface area contributed by atoms with Crippen LogP contribution in [0.4, 0.5) is 5.69 Å². The molecule has 2 N–H and O–H groups in total. The molecule has 3 aromatic carbocycles. The number of rotatable bonds is 1. The lowest BCUT2D eigenvalue weighted by Gasteiger charge is -2.04. The topological polar surface area (TPSA) is 52.0 Å². The van der Waals surface area contributed by atoms with E-state index >= 15 is 0 Å². The van der Waals surface area contributed by atoms with E-state index in [-0.39, 0.29) is 0 Å². The Bertz CT molecular complexity index is 969. The van der Waals surface area contributed by atoms with Gasteiger partial charge < -0.3 is 10.2 Å². The third-order valence-electron chi connectivity index (χ3n) is 3.69. The van der Waals surface area contributed by atoms with Crippen molar-refractivity contribution in [1.82, 2.24) is 4.98 Å². The predicted molar refractivity (Wildman–Crippen MR) is 86.1 cm³/mol. The minimum absolute atomic E-state index is 0.568. The molecule has 21 heavy (non-hydrogen) atoms. The summed E-state index contributed by atoms with van der Waals surface area (Å²) < 4.78 is 5.85. The molecule has 0 spiro atoms. The maximum absolute atomic E-state index is 6.17. The first-order valence-corrected chi connectivity index (χ1v) is 6.86. The van der Waals surface area contributed by atoms with E-state index in [4.69, 9.17) is 10.2 Å². The molecule has 0 bridgehead atoms. The Hall–Kier alpha value is -2.81. The lowest BCUT2D eigenvalue weighted by molar-refractivity contribution is 0.620. The second-order valence-electron chi connectivity index (χ2n) is 5.28. The number of aromatic nitrogens is 1. The highest BCUT2D eigenvalue weighted by Gasteiger charge is 2.12. The summed E-state index contributed by atoms with van der Waals surface area (Å²) in [4.78, 5) is 4.56. The van der Waals surface area contributed by atoms with E-state index in [1.807, 2.05) is 55.5 Å². The van der Waals surface area contributed by atoms with Gasteiger partial charge in [0.2, 0.25) is 5.89 Å². The number of nitrogens with two attached hydrogens (primary N) is 1. The zero-order valence-corrected chi connectivity index (χ0v) is 11.6. The van der Waals surface area contributed by atoms with Crippen LogP contribution in [-0.4, -0.2) is 4.98 Å². The number of hydrogen-bond donors (Lipinski definition) is 1. The summed E-state index contributed by atoms with van der Waals surface area (Å²) in [7, 11) is 0. The Kier molecular flexibility index (Phi) is 2.48. The molecule has 0 unspecified atom stereocenters. The number of hydrogen-bond acceptors (Lipinski definition) is 3. The van der Waals surface area contributed by atoms with Gasteiger partial charge in [0.05, 0.1) is 5.56 Å². The molecule has 1 aromatic heterocycles. The van der Waals surface area contributed by atoms with E-state index in [9.17, 15) is 0 Å². The third kappa shape index (κ3) is 1.94. The summed E-state index contributed by atoms with van der Waals surface area (Å²) in [5.41, 5.74) is 10.5. The van der Waals surface area contributed by atoms with Crippen molar-refractivity contribution >= 4 is 27.6 Å². The molecule has 0 saturated carbocycles. The number of nitrogens with zero attached hydrogens (tertiary/aromatic N) is 1. The van der Waals surface area contributed by atoms with Crippen LogP contribution in [-0.2, 0) is 0 Å². The molecule has 0 aliphatic carbocycles. The van der Waals surface area contributed by atoms with Gasteiger partial charge >= 0.3 is 0 Å². The maximum Gasteiger partial charge on any atom is 0.229 e. The Balaban J connectivity index is 1.96. The van der Waals surface area contributed by atoms with Gasteiger partial charge in [0, 0.05) is 5.69 Å². The van der Waals surface area contributed by atoms with Crippen LogP contribution < -0.4 is 5.73 Å². The molecule has 0 aliphatic heterocycles. The maximum atomic E-state index is 6.17. The summed E-state index contributed by atoms with van der Waals surface area (Å²) in [6.45, 7) is 2.04. The lowest BCUT2D eigenvalue weighted by atomic mass is 10.1. The van der Waals surface area contributed by atoms with Crippen LogP contribution in [0.2, 0.25) is 0 Å². The van der Waals surface area contributed by atoms with Gasteiger partial charge in [0.25, 0.3) is 0 Å². The van der Waals surface area contributed by atoms with Crippen molar-refractivity contribution in [1.29, 1.82) is 0 Å². The summed E-state index contributed by atoms with van der Waals surface area (Å²) in [5, 5.41) is 2.24. The zero-order valence-electron chi connectivity index (χ0n) is 11.6. The van der Waals surface area contributed by atoms with Crippen molar-refractivity contribution in [2.45, 2.75) is 6.92 Å². The van der Waals surface area contributed by atoms with Crippen LogP contribution in [0, 0.1) is 6.92 Å². The second kappa shape index (κ2) is 4.35. The molecular weight excluding hydrogens is 260 g/mol. The fourth-order valence-corrected chi connectivity index (χ4v) is 2.60. The van der Waals surface area contributed by atoms with E-state index in [2.05, 4.69) is 11.1 Å². The number of benzene rings is 3. The number of fused-ring (bicyclic) bond motifs is 2. The SMILES string of the molecule is Cc1ccc2oc(-c3cc4ccccc4cc3N)nc2c1. The average Bonchev–Trinajstić information content (AvgIpc) is 2.89. The average molecular weight is 274 g/mol. The van der Waals surface area contributed by atoms with Crippen molar-refractivity contribution in [3.05, 3.63) is 60.2 Å². The van der Waals surface area contributed by atoms with Gasteiger partial charge in [-0.25, -0.2) is 4.98 Å². The van der Waals surface area contributed by atoms with Crippen LogP contribution in [0.15, 0.2) is 59.0 Å². The zero-order chi connectivity index (χ0) is 14.4. The van der Waals surface area contributed by atoms with Gasteiger partial charge in [-0.3, -0.25) is 0 Å². The molecule has 0 aliphatic rings. The van der Waals surface area contributed by atoms with Crippen molar-refractivity contribution in [2.75, 3.05) is 5.73 Å². The third-order valence-corrected chi connectivity index (χ3v) is 3.69. The molecule has 0 saturated heterocycles. The number of nitrogen functional groups attached to an aromatic ring is 1. The Morgan fingerprint density at radius 2 is 1.71 bits per heavy atom. The number of aryl methyl sites for hydroxylation is 1. The molecular formula is C18H14N2O. The first-order chi connectivity index (χ1) is 10.2. The number of anilines is 1. The van der Waals surface area contributed by atoms with Crippen molar-refractivity contribution in [2.24, 2.45) is 0 Å². The number of oxazole rings is 1. The van der Waals surface area contributed by atoms with Crippen molar-refractivity contribution in [3.63, 3.8) is 0 Å². The van der Waals surface area contributed by atoms with E-state index in [1.165, 1.54) is 0 Å². The van der Waals surface area contributed by atoms with Gasteiger partial charge in [-0.05, 0) is 47.5 Å². The minimum Gasteiger partial charge on any atom is -0.436 e. The van der Waals surface area contributed by atoms with Crippen LogP contribution >= 0.6 is 0 Å². The fraction of sp³-hybridized carbons (Fsp3) is 0.0556.